The normalized spacial score (nSPS) is 10.8. The molecular weight excluding hydrogens is 336 g/mol. The van der Waals surface area contributed by atoms with Crippen molar-refractivity contribution in [3.05, 3.63) is 72.1 Å². The van der Waals surface area contributed by atoms with Crippen LogP contribution < -0.4 is 10.1 Å². The van der Waals surface area contributed by atoms with E-state index in [2.05, 4.69) is 21.4 Å². The van der Waals surface area contributed by atoms with Gasteiger partial charge in [-0.3, -0.25) is 4.40 Å². The Labute approximate surface area is 149 Å². The summed E-state index contributed by atoms with van der Waals surface area (Å²) in [5.74, 6) is 1.32. The minimum absolute atomic E-state index is 0.558. The number of imidazole rings is 1. The highest BCUT2D eigenvalue weighted by molar-refractivity contribution is 6.32. The van der Waals surface area contributed by atoms with Gasteiger partial charge in [-0.2, -0.15) is 0 Å². The van der Waals surface area contributed by atoms with Crippen molar-refractivity contribution >= 4 is 28.8 Å². The number of hydrogen-bond donors (Lipinski definition) is 1. The number of halogens is 1. The van der Waals surface area contributed by atoms with Gasteiger partial charge in [0.2, 0.25) is 0 Å². The predicted molar refractivity (Wildman–Crippen MR) is 98.5 cm³/mol. The maximum absolute atomic E-state index is 6.25. The van der Waals surface area contributed by atoms with E-state index in [0.717, 1.165) is 22.6 Å². The third-order valence-corrected chi connectivity index (χ3v) is 4.15. The molecule has 0 unspecified atom stereocenters. The van der Waals surface area contributed by atoms with Crippen molar-refractivity contribution in [1.82, 2.24) is 14.4 Å². The number of benzene rings is 2. The molecule has 6 heteroatoms. The highest BCUT2D eigenvalue weighted by Crippen LogP contribution is 2.31. The van der Waals surface area contributed by atoms with Crippen LogP contribution >= 0.6 is 11.6 Å². The molecule has 4 aromatic rings. The van der Waals surface area contributed by atoms with Gasteiger partial charge in [0.15, 0.2) is 11.5 Å². The summed E-state index contributed by atoms with van der Waals surface area (Å²) < 4.78 is 7.19. The van der Waals surface area contributed by atoms with Crippen LogP contribution in [0.5, 0.6) is 5.75 Å². The van der Waals surface area contributed by atoms with Crippen molar-refractivity contribution in [3.63, 3.8) is 0 Å². The van der Waals surface area contributed by atoms with Crippen LogP contribution in [0.4, 0.5) is 11.5 Å². The minimum atomic E-state index is 0.558. The Bertz CT molecular complexity index is 1030. The average molecular weight is 350 g/mol. The highest BCUT2D eigenvalue weighted by atomic mass is 35.5. The van der Waals surface area contributed by atoms with Crippen LogP contribution in [-0.2, 0) is 0 Å². The number of nitrogens with zero attached hydrogens (tertiary/aromatic N) is 3. The molecule has 0 aliphatic carbocycles. The largest absolute Gasteiger partial charge is 0.495 e. The molecule has 2 aromatic heterocycles. The minimum Gasteiger partial charge on any atom is -0.495 e. The number of rotatable bonds is 4. The topological polar surface area (TPSA) is 51.5 Å². The molecule has 0 bridgehead atoms. The number of nitrogens with one attached hydrogen (secondary N) is 1. The van der Waals surface area contributed by atoms with E-state index in [4.69, 9.17) is 16.3 Å². The molecule has 0 atom stereocenters. The Morgan fingerprint density at radius 1 is 1.16 bits per heavy atom. The van der Waals surface area contributed by atoms with E-state index in [1.807, 2.05) is 53.1 Å². The first-order chi connectivity index (χ1) is 12.3. The SMILES string of the molecule is COc1ccc(-c2cnc3c(Nc4cc[c]cc4)nccn23)cc1Cl. The molecule has 2 aromatic carbocycles. The quantitative estimate of drug-likeness (QED) is 0.585. The van der Waals surface area contributed by atoms with E-state index < -0.39 is 0 Å². The van der Waals surface area contributed by atoms with Gasteiger partial charge in [0.05, 0.1) is 24.0 Å². The molecule has 5 nitrogen and oxygen atoms in total. The van der Waals surface area contributed by atoms with Crippen molar-refractivity contribution < 1.29 is 4.74 Å². The fourth-order valence-electron chi connectivity index (χ4n) is 2.65. The van der Waals surface area contributed by atoms with Crippen molar-refractivity contribution in [2.24, 2.45) is 0 Å². The molecule has 0 spiro atoms. The number of aromatic nitrogens is 3. The Morgan fingerprint density at radius 3 is 2.76 bits per heavy atom. The van der Waals surface area contributed by atoms with Gasteiger partial charge in [-0.25, -0.2) is 9.97 Å². The van der Waals surface area contributed by atoms with Crippen molar-refractivity contribution in [2.45, 2.75) is 0 Å². The Balaban J connectivity index is 1.77. The summed E-state index contributed by atoms with van der Waals surface area (Å²) in [6, 6.07) is 16.2. The van der Waals surface area contributed by atoms with E-state index in [1.54, 1.807) is 19.5 Å². The van der Waals surface area contributed by atoms with Crippen molar-refractivity contribution in [3.8, 4) is 17.0 Å². The maximum Gasteiger partial charge on any atom is 0.180 e. The Hall–Kier alpha value is -3.05. The molecule has 4 rings (SSSR count). The molecule has 0 saturated heterocycles. The fourth-order valence-corrected chi connectivity index (χ4v) is 2.91. The van der Waals surface area contributed by atoms with Gasteiger partial charge < -0.3 is 10.1 Å². The van der Waals surface area contributed by atoms with Gasteiger partial charge in [-0.15, -0.1) is 0 Å². The van der Waals surface area contributed by atoms with Crippen LogP contribution in [0.2, 0.25) is 5.02 Å². The molecule has 0 amide bonds. The summed E-state index contributed by atoms with van der Waals surface area (Å²) in [6.45, 7) is 0. The first kappa shape index (κ1) is 15.5. The molecule has 0 fully saturated rings. The van der Waals surface area contributed by atoms with Gasteiger partial charge in [-0.1, -0.05) is 23.7 Å². The molecule has 0 saturated carbocycles. The lowest BCUT2D eigenvalue weighted by atomic mass is 10.1. The zero-order valence-corrected chi connectivity index (χ0v) is 14.2. The average Bonchev–Trinajstić information content (AvgIpc) is 3.08. The predicted octanol–water partition coefficient (Wildman–Crippen LogP) is 4.60. The number of hydrogen-bond acceptors (Lipinski definition) is 4. The fraction of sp³-hybridized carbons (Fsp3) is 0.0526. The highest BCUT2D eigenvalue weighted by Gasteiger charge is 2.12. The van der Waals surface area contributed by atoms with E-state index in [0.29, 0.717) is 16.6 Å². The summed E-state index contributed by atoms with van der Waals surface area (Å²) in [5, 5.41) is 3.84. The summed E-state index contributed by atoms with van der Waals surface area (Å²) in [5.41, 5.74) is 3.53. The van der Waals surface area contributed by atoms with Crippen LogP contribution in [0, 0.1) is 6.07 Å². The van der Waals surface area contributed by atoms with Crippen LogP contribution in [0.3, 0.4) is 0 Å². The second kappa shape index (κ2) is 6.45. The number of anilines is 2. The lowest BCUT2D eigenvalue weighted by Gasteiger charge is -2.08. The Kier molecular flexibility index (Phi) is 3.99. The zero-order valence-electron chi connectivity index (χ0n) is 13.4. The molecule has 1 radical (unpaired) electrons. The molecule has 123 valence electrons. The smallest absolute Gasteiger partial charge is 0.180 e. The number of ether oxygens (including phenoxy) is 1. The summed E-state index contributed by atoms with van der Waals surface area (Å²) in [4.78, 5) is 8.92. The summed E-state index contributed by atoms with van der Waals surface area (Å²) in [6.07, 6.45) is 5.42. The van der Waals surface area contributed by atoms with Gasteiger partial charge in [0.1, 0.15) is 5.75 Å². The molecular formula is C19H14ClN4O. The second-order valence-electron chi connectivity index (χ2n) is 5.38. The van der Waals surface area contributed by atoms with Gasteiger partial charge in [0, 0.05) is 23.6 Å². The monoisotopic (exact) mass is 349 g/mol. The van der Waals surface area contributed by atoms with Gasteiger partial charge in [0.25, 0.3) is 0 Å². The first-order valence-electron chi connectivity index (χ1n) is 7.65. The van der Waals surface area contributed by atoms with Crippen LogP contribution in [-0.4, -0.2) is 21.5 Å². The summed E-state index contributed by atoms with van der Waals surface area (Å²) >= 11 is 6.25. The number of methoxy groups -OCH3 is 1. The van der Waals surface area contributed by atoms with E-state index in [9.17, 15) is 0 Å². The maximum atomic E-state index is 6.25. The molecule has 0 aliphatic heterocycles. The van der Waals surface area contributed by atoms with Crippen molar-refractivity contribution in [1.29, 1.82) is 0 Å². The molecule has 2 heterocycles. The second-order valence-corrected chi connectivity index (χ2v) is 5.78. The van der Waals surface area contributed by atoms with E-state index in [-0.39, 0.29) is 0 Å². The standard InChI is InChI=1S/C19H14ClN4O/c1-25-17-8-7-13(11-15(17)20)16-12-22-19-18(21-9-10-24(16)19)23-14-5-3-2-4-6-14/h3-12H,1H3,(H,21,23). The van der Waals surface area contributed by atoms with E-state index >= 15 is 0 Å². The third-order valence-electron chi connectivity index (χ3n) is 3.86. The molecule has 25 heavy (non-hydrogen) atoms. The zero-order chi connectivity index (χ0) is 17.2. The van der Waals surface area contributed by atoms with Crippen LogP contribution in [0.15, 0.2) is 61.1 Å². The van der Waals surface area contributed by atoms with E-state index in [1.165, 1.54) is 0 Å². The Morgan fingerprint density at radius 2 is 2.00 bits per heavy atom. The number of fused-ring (bicyclic) bond motifs is 1. The lowest BCUT2D eigenvalue weighted by molar-refractivity contribution is 0.415. The van der Waals surface area contributed by atoms with Gasteiger partial charge >= 0.3 is 0 Å². The van der Waals surface area contributed by atoms with Gasteiger partial charge in [-0.05, 0) is 36.4 Å². The first-order valence-corrected chi connectivity index (χ1v) is 8.03. The van der Waals surface area contributed by atoms with Crippen molar-refractivity contribution in [2.75, 3.05) is 12.4 Å². The molecule has 0 aliphatic rings. The summed E-state index contributed by atoms with van der Waals surface area (Å²) in [7, 11) is 1.60. The third kappa shape index (κ3) is 2.90. The lowest BCUT2D eigenvalue weighted by Crippen LogP contribution is -1.98. The van der Waals surface area contributed by atoms with Crippen LogP contribution in [0.1, 0.15) is 0 Å². The van der Waals surface area contributed by atoms with Crippen LogP contribution in [0.25, 0.3) is 16.9 Å². The molecule has 1 N–H and O–H groups in total.